The van der Waals surface area contributed by atoms with Crippen LogP contribution in [0.3, 0.4) is 0 Å². The summed E-state index contributed by atoms with van der Waals surface area (Å²) in [5, 5.41) is 7.83. The van der Waals surface area contributed by atoms with Crippen molar-refractivity contribution in [3.8, 4) is 0 Å². The van der Waals surface area contributed by atoms with Crippen molar-refractivity contribution in [3.05, 3.63) is 77.9 Å². The Balaban J connectivity index is 1.37. The van der Waals surface area contributed by atoms with Crippen LogP contribution in [0.1, 0.15) is 27.1 Å². The summed E-state index contributed by atoms with van der Waals surface area (Å²) in [6, 6.07) is 20.6. The van der Waals surface area contributed by atoms with Gasteiger partial charge < -0.3 is 20.4 Å². The number of amides is 2. The number of likely N-dealkylation sites (N-methyl/N-ethyl adjacent to an activating group) is 1. The van der Waals surface area contributed by atoms with Gasteiger partial charge in [-0.25, -0.2) is 0 Å². The van der Waals surface area contributed by atoms with E-state index in [1.165, 1.54) is 0 Å². The van der Waals surface area contributed by atoms with Crippen LogP contribution >= 0.6 is 0 Å². The Kier molecular flexibility index (Phi) is 7.14. The molecular weight excluding hydrogens is 400 g/mol. The topological polar surface area (TPSA) is 64.7 Å². The van der Waals surface area contributed by atoms with Crippen LogP contribution in [0, 0.1) is 0 Å². The zero-order chi connectivity index (χ0) is 22.3. The van der Waals surface area contributed by atoms with Crippen LogP contribution < -0.4 is 10.6 Å². The number of hydrogen-bond acceptors (Lipinski definition) is 4. The van der Waals surface area contributed by atoms with E-state index in [0.717, 1.165) is 49.9 Å². The number of fused-ring (bicyclic) bond motifs is 1. The third-order valence-electron chi connectivity index (χ3n) is 5.99. The number of piperazine rings is 1. The number of rotatable bonds is 7. The maximum atomic E-state index is 13.0. The lowest BCUT2D eigenvalue weighted by Gasteiger charge is -2.32. The molecule has 0 aliphatic carbocycles. The zero-order valence-corrected chi connectivity index (χ0v) is 18.5. The van der Waals surface area contributed by atoms with Gasteiger partial charge in [-0.1, -0.05) is 48.5 Å². The van der Waals surface area contributed by atoms with Crippen LogP contribution in [0.4, 0.5) is 5.69 Å². The van der Waals surface area contributed by atoms with Crippen molar-refractivity contribution in [2.24, 2.45) is 0 Å². The Morgan fingerprint density at radius 2 is 1.50 bits per heavy atom. The highest BCUT2D eigenvalue weighted by molar-refractivity contribution is 6.14. The van der Waals surface area contributed by atoms with Crippen molar-refractivity contribution >= 4 is 28.3 Å². The summed E-state index contributed by atoms with van der Waals surface area (Å²) >= 11 is 0. The fourth-order valence-electron chi connectivity index (χ4n) is 4.07. The van der Waals surface area contributed by atoms with Gasteiger partial charge in [0, 0.05) is 38.3 Å². The molecular formula is C26H30N4O2. The molecule has 6 nitrogen and oxygen atoms in total. The van der Waals surface area contributed by atoms with Gasteiger partial charge in [-0.15, -0.1) is 0 Å². The van der Waals surface area contributed by atoms with Gasteiger partial charge >= 0.3 is 0 Å². The SMILES string of the molecule is CN1CCN(CCCNC(=O)c2ccccc2NC(=O)c2cccc3ccccc23)CC1. The molecule has 2 amide bonds. The predicted molar refractivity (Wildman–Crippen MR) is 129 cm³/mol. The van der Waals surface area contributed by atoms with Crippen molar-refractivity contribution in [2.45, 2.75) is 6.42 Å². The molecule has 32 heavy (non-hydrogen) atoms. The van der Waals surface area contributed by atoms with E-state index in [4.69, 9.17) is 0 Å². The number of carbonyl (C=O) groups excluding carboxylic acids is 2. The quantitative estimate of drug-likeness (QED) is 0.564. The van der Waals surface area contributed by atoms with Crippen LogP contribution in [0.25, 0.3) is 10.8 Å². The minimum atomic E-state index is -0.225. The summed E-state index contributed by atoms with van der Waals surface area (Å²) in [7, 11) is 2.15. The first-order chi connectivity index (χ1) is 15.6. The molecule has 1 heterocycles. The Labute approximate surface area is 189 Å². The molecule has 4 rings (SSSR count). The molecule has 1 aliphatic rings. The summed E-state index contributed by atoms with van der Waals surface area (Å²) < 4.78 is 0. The monoisotopic (exact) mass is 430 g/mol. The molecule has 0 atom stereocenters. The summed E-state index contributed by atoms with van der Waals surface area (Å²) in [6.45, 7) is 5.93. The molecule has 1 saturated heterocycles. The number of carbonyl (C=O) groups is 2. The van der Waals surface area contributed by atoms with Crippen LogP contribution in [-0.4, -0.2) is 67.9 Å². The number of hydrogen-bond donors (Lipinski definition) is 2. The maximum Gasteiger partial charge on any atom is 0.256 e. The Bertz CT molecular complexity index is 1080. The Morgan fingerprint density at radius 1 is 0.812 bits per heavy atom. The first-order valence-electron chi connectivity index (χ1n) is 11.2. The van der Waals surface area contributed by atoms with Crippen molar-refractivity contribution in [2.75, 3.05) is 51.6 Å². The first-order valence-corrected chi connectivity index (χ1v) is 11.2. The van der Waals surface area contributed by atoms with E-state index in [1.54, 1.807) is 18.2 Å². The molecule has 6 heteroatoms. The molecule has 3 aromatic carbocycles. The van der Waals surface area contributed by atoms with Crippen molar-refractivity contribution in [1.82, 2.24) is 15.1 Å². The third kappa shape index (κ3) is 5.33. The smallest absolute Gasteiger partial charge is 0.256 e. The van der Waals surface area contributed by atoms with E-state index in [1.807, 2.05) is 48.5 Å². The van der Waals surface area contributed by atoms with E-state index in [-0.39, 0.29) is 11.8 Å². The van der Waals surface area contributed by atoms with Gasteiger partial charge in [0.2, 0.25) is 0 Å². The molecule has 0 unspecified atom stereocenters. The number of nitrogens with one attached hydrogen (secondary N) is 2. The van der Waals surface area contributed by atoms with Crippen LogP contribution in [-0.2, 0) is 0 Å². The van der Waals surface area contributed by atoms with Crippen LogP contribution in [0.2, 0.25) is 0 Å². The van der Waals surface area contributed by atoms with E-state index < -0.39 is 0 Å². The second-order valence-electron chi connectivity index (χ2n) is 8.28. The highest BCUT2D eigenvalue weighted by Crippen LogP contribution is 2.21. The van der Waals surface area contributed by atoms with Gasteiger partial charge in [0.05, 0.1) is 11.3 Å². The molecule has 2 N–H and O–H groups in total. The van der Waals surface area contributed by atoms with Gasteiger partial charge in [-0.3, -0.25) is 9.59 Å². The molecule has 1 aliphatic heterocycles. The molecule has 0 radical (unpaired) electrons. The largest absolute Gasteiger partial charge is 0.352 e. The second-order valence-corrected chi connectivity index (χ2v) is 8.28. The predicted octanol–water partition coefficient (Wildman–Crippen LogP) is 3.46. The van der Waals surface area contributed by atoms with E-state index in [2.05, 4.69) is 27.5 Å². The average Bonchev–Trinajstić information content (AvgIpc) is 2.82. The summed E-state index contributed by atoms with van der Waals surface area (Å²) in [6.07, 6.45) is 0.903. The Hall–Kier alpha value is -3.22. The number of anilines is 1. The zero-order valence-electron chi connectivity index (χ0n) is 18.5. The fourth-order valence-corrected chi connectivity index (χ4v) is 4.07. The highest BCUT2D eigenvalue weighted by Gasteiger charge is 2.16. The van der Waals surface area contributed by atoms with Crippen LogP contribution in [0.15, 0.2) is 66.7 Å². The van der Waals surface area contributed by atoms with E-state index >= 15 is 0 Å². The van der Waals surface area contributed by atoms with E-state index in [0.29, 0.717) is 23.4 Å². The van der Waals surface area contributed by atoms with Gasteiger partial charge in [0.25, 0.3) is 11.8 Å². The number of benzene rings is 3. The minimum Gasteiger partial charge on any atom is -0.352 e. The average molecular weight is 431 g/mol. The number of nitrogens with zero attached hydrogens (tertiary/aromatic N) is 2. The van der Waals surface area contributed by atoms with Crippen molar-refractivity contribution in [1.29, 1.82) is 0 Å². The van der Waals surface area contributed by atoms with Gasteiger partial charge in [0.15, 0.2) is 0 Å². The third-order valence-corrected chi connectivity index (χ3v) is 5.99. The maximum absolute atomic E-state index is 13.0. The van der Waals surface area contributed by atoms with Crippen molar-refractivity contribution in [3.63, 3.8) is 0 Å². The fraction of sp³-hybridized carbons (Fsp3) is 0.308. The highest BCUT2D eigenvalue weighted by atomic mass is 16.2. The summed E-state index contributed by atoms with van der Waals surface area (Å²) in [5.41, 5.74) is 1.58. The van der Waals surface area contributed by atoms with Gasteiger partial charge in [-0.05, 0) is 49.0 Å². The summed E-state index contributed by atoms with van der Waals surface area (Å²) in [5.74, 6) is -0.394. The molecule has 1 fully saturated rings. The first kappa shape index (κ1) is 22.0. The normalized spacial score (nSPS) is 14.9. The lowest BCUT2D eigenvalue weighted by Crippen LogP contribution is -2.45. The standard InChI is InChI=1S/C26H30N4O2/c1-29-16-18-30(19-17-29)15-7-14-27-25(31)23-11-4-5-13-24(23)28-26(32)22-12-6-9-20-8-2-3-10-21(20)22/h2-6,8-13H,7,14-19H2,1H3,(H,27,31)(H,28,32). The number of para-hydroxylation sites is 1. The van der Waals surface area contributed by atoms with Gasteiger partial charge in [-0.2, -0.15) is 0 Å². The van der Waals surface area contributed by atoms with E-state index in [9.17, 15) is 9.59 Å². The van der Waals surface area contributed by atoms with Crippen LogP contribution in [0.5, 0.6) is 0 Å². The molecule has 0 bridgehead atoms. The molecule has 166 valence electrons. The Morgan fingerprint density at radius 3 is 2.34 bits per heavy atom. The molecule has 0 spiro atoms. The van der Waals surface area contributed by atoms with Crippen molar-refractivity contribution < 1.29 is 9.59 Å². The lowest BCUT2D eigenvalue weighted by molar-refractivity contribution is 0.0950. The van der Waals surface area contributed by atoms with Gasteiger partial charge in [0.1, 0.15) is 0 Å². The molecule has 3 aromatic rings. The second kappa shape index (κ2) is 10.4. The summed E-state index contributed by atoms with van der Waals surface area (Å²) in [4.78, 5) is 30.6. The molecule has 0 aromatic heterocycles. The minimum absolute atomic E-state index is 0.169. The lowest BCUT2D eigenvalue weighted by atomic mass is 10.0. The molecule has 0 saturated carbocycles.